The zero-order chi connectivity index (χ0) is 14.7. The summed E-state index contributed by atoms with van der Waals surface area (Å²) in [5.74, 6) is 0.328. The van der Waals surface area contributed by atoms with Crippen LogP contribution in [0.1, 0.15) is 13.8 Å². The minimum Gasteiger partial charge on any atom is -0.377 e. The molecule has 2 heterocycles. The van der Waals surface area contributed by atoms with Crippen molar-refractivity contribution in [2.24, 2.45) is 0 Å². The van der Waals surface area contributed by atoms with Crippen LogP contribution in [0.2, 0.25) is 0 Å². The molecule has 1 aromatic heterocycles. The van der Waals surface area contributed by atoms with Crippen LogP contribution in [0.25, 0.3) is 0 Å². The van der Waals surface area contributed by atoms with E-state index in [4.69, 9.17) is 4.74 Å². The predicted octanol–water partition coefficient (Wildman–Crippen LogP) is 0.262. The highest BCUT2D eigenvalue weighted by atomic mass is 79.9. The number of hydrogen-bond acceptors (Lipinski definition) is 5. The highest BCUT2D eigenvalue weighted by Crippen LogP contribution is 2.23. The van der Waals surface area contributed by atoms with E-state index in [-0.39, 0.29) is 24.1 Å². The fraction of sp³-hybridized carbons (Fsp3) is 0.583. The van der Waals surface area contributed by atoms with Gasteiger partial charge in [-0.3, -0.25) is 9.59 Å². The van der Waals surface area contributed by atoms with Crippen LogP contribution in [0.15, 0.2) is 15.6 Å². The van der Waals surface area contributed by atoms with Crippen molar-refractivity contribution < 1.29 is 9.53 Å². The molecule has 110 valence electrons. The van der Waals surface area contributed by atoms with Gasteiger partial charge in [-0.05, 0) is 29.8 Å². The minimum atomic E-state index is -0.489. The van der Waals surface area contributed by atoms with E-state index in [9.17, 15) is 9.59 Å². The molecule has 2 rings (SSSR count). The number of ether oxygens (including phenoxy) is 1. The summed E-state index contributed by atoms with van der Waals surface area (Å²) in [6, 6.07) is -0.446. The van der Waals surface area contributed by atoms with Crippen molar-refractivity contribution in [1.29, 1.82) is 0 Å². The Labute approximate surface area is 124 Å². The van der Waals surface area contributed by atoms with Gasteiger partial charge in [0.2, 0.25) is 5.91 Å². The first-order valence-electron chi connectivity index (χ1n) is 6.38. The molecule has 1 atom stereocenters. The van der Waals surface area contributed by atoms with E-state index < -0.39 is 6.04 Å². The largest absolute Gasteiger partial charge is 0.377 e. The number of nitrogens with zero attached hydrogens (tertiary/aromatic N) is 2. The number of carbonyl (C=O) groups excluding carboxylic acids is 1. The molecule has 0 radical (unpaired) electrons. The molecule has 1 aliphatic rings. The van der Waals surface area contributed by atoms with Gasteiger partial charge in [0.15, 0.2) is 5.82 Å². The zero-order valence-electron chi connectivity index (χ0n) is 11.4. The van der Waals surface area contributed by atoms with E-state index in [1.165, 1.54) is 6.33 Å². The summed E-state index contributed by atoms with van der Waals surface area (Å²) < 4.78 is 5.70. The zero-order valence-corrected chi connectivity index (χ0v) is 12.9. The van der Waals surface area contributed by atoms with Crippen LogP contribution in [-0.4, -0.2) is 47.7 Å². The Kier molecular flexibility index (Phi) is 4.77. The molecule has 0 spiro atoms. The van der Waals surface area contributed by atoms with E-state index in [0.717, 1.165) is 0 Å². The van der Waals surface area contributed by atoms with Crippen LogP contribution in [0.5, 0.6) is 0 Å². The molecule has 0 aromatic carbocycles. The second-order valence-corrected chi connectivity index (χ2v) is 5.61. The average molecular weight is 345 g/mol. The summed E-state index contributed by atoms with van der Waals surface area (Å²) >= 11 is 3.22. The molecule has 1 aromatic rings. The van der Waals surface area contributed by atoms with E-state index in [1.807, 2.05) is 13.8 Å². The maximum Gasteiger partial charge on any atom is 0.267 e. The number of anilines is 1. The smallest absolute Gasteiger partial charge is 0.267 e. The van der Waals surface area contributed by atoms with E-state index >= 15 is 0 Å². The van der Waals surface area contributed by atoms with Gasteiger partial charge in [0.05, 0.1) is 19.5 Å². The second kappa shape index (κ2) is 6.36. The SMILES string of the molecule is CC(C)NC(=O)C1COCCN1c1nc[nH]c(=O)c1Br. The molecule has 1 unspecified atom stereocenters. The Balaban J connectivity index is 2.29. The first-order chi connectivity index (χ1) is 9.50. The van der Waals surface area contributed by atoms with Gasteiger partial charge in [0.25, 0.3) is 5.56 Å². The first kappa shape index (κ1) is 15.0. The monoisotopic (exact) mass is 344 g/mol. The van der Waals surface area contributed by atoms with Crippen LogP contribution in [-0.2, 0) is 9.53 Å². The van der Waals surface area contributed by atoms with Crippen LogP contribution < -0.4 is 15.8 Å². The topological polar surface area (TPSA) is 87.3 Å². The molecule has 0 saturated carbocycles. The molecule has 8 heteroatoms. The average Bonchev–Trinajstić information content (AvgIpc) is 2.41. The van der Waals surface area contributed by atoms with Gasteiger partial charge in [-0.2, -0.15) is 0 Å². The molecular formula is C12H17BrN4O3. The summed E-state index contributed by atoms with van der Waals surface area (Å²) in [5.41, 5.74) is -0.274. The molecule has 1 aliphatic heterocycles. The number of aromatic amines is 1. The molecule has 1 fully saturated rings. The van der Waals surface area contributed by atoms with Gasteiger partial charge in [-0.25, -0.2) is 4.98 Å². The van der Waals surface area contributed by atoms with Crippen molar-refractivity contribution in [2.75, 3.05) is 24.7 Å². The number of rotatable bonds is 3. The van der Waals surface area contributed by atoms with E-state index in [0.29, 0.717) is 23.4 Å². The van der Waals surface area contributed by atoms with Crippen molar-refractivity contribution in [3.8, 4) is 0 Å². The number of halogens is 1. The fourth-order valence-corrected chi connectivity index (χ4v) is 2.47. The Morgan fingerprint density at radius 2 is 2.40 bits per heavy atom. The maximum atomic E-state index is 12.2. The molecule has 7 nitrogen and oxygen atoms in total. The Morgan fingerprint density at radius 3 is 3.10 bits per heavy atom. The molecule has 20 heavy (non-hydrogen) atoms. The van der Waals surface area contributed by atoms with Gasteiger partial charge >= 0.3 is 0 Å². The Morgan fingerprint density at radius 1 is 1.65 bits per heavy atom. The number of hydrogen-bond donors (Lipinski definition) is 2. The fourth-order valence-electron chi connectivity index (χ4n) is 2.03. The normalized spacial score (nSPS) is 19.2. The van der Waals surface area contributed by atoms with Crippen molar-refractivity contribution >= 4 is 27.7 Å². The van der Waals surface area contributed by atoms with E-state index in [2.05, 4.69) is 31.2 Å². The summed E-state index contributed by atoms with van der Waals surface area (Å²) in [5, 5.41) is 2.86. The highest BCUT2D eigenvalue weighted by molar-refractivity contribution is 9.10. The van der Waals surface area contributed by atoms with Crippen molar-refractivity contribution in [3.05, 3.63) is 21.2 Å². The predicted molar refractivity (Wildman–Crippen MR) is 77.8 cm³/mol. The molecule has 1 amide bonds. The van der Waals surface area contributed by atoms with E-state index in [1.54, 1.807) is 4.90 Å². The highest BCUT2D eigenvalue weighted by Gasteiger charge is 2.32. The lowest BCUT2D eigenvalue weighted by atomic mass is 10.2. The number of carbonyl (C=O) groups is 1. The Bertz CT molecular complexity index is 546. The van der Waals surface area contributed by atoms with Gasteiger partial charge in [-0.1, -0.05) is 0 Å². The number of morpholine rings is 1. The van der Waals surface area contributed by atoms with Crippen molar-refractivity contribution in [2.45, 2.75) is 25.9 Å². The lowest BCUT2D eigenvalue weighted by Crippen LogP contribution is -2.55. The summed E-state index contributed by atoms with van der Waals surface area (Å²) in [4.78, 5) is 32.3. The number of nitrogens with one attached hydrogen (secondary N) is 2. The van der Waals surface area contributed by atoms with Gasteiger partial charge < -0.3 is 19.9 Å². The first-order valence-corrected chi connectivity index (χ1v) is 7.18. The Hall–Kier alpha value is -1.41. The number of amides is 1. The number of H-pyrrole nitrogens is 1. The van der Waals surface area contributed by atoms with Crippen LogP contribution in [0.4, 0.5) is 5.82 Å². The quantitative estimate of drug-likeness (QED) is 0.821. The van der Waals surface area contributed by atoms with Crippen molar-refractivity contribution in [3.63, 3.8) is 0 Å². The summed E-state index contributed by atoms with van der Waals surface area (Å²) in [6.45, 7) is 5.07. The third kappa shape index (κ3) is 3.18. The molecular weight excluding hydrogens is 328 g/mol. The third-order valence-corrected chi connectivity index (χ3v) is 3.63. The third-order valence-electron chi connectivity index (χ3n) is 2.91. The number of aromatic nitrogens is 2. The van der Waals surface area contributed by atoms with Gasteiger partial charge in [-0.15, -0.1) is 0 Å². The molecule has 2 N–H and O–H groups in total. The summed E-state index contributed by atoms with van der Waals surface area (Å²) in [6.07, 6.45) is 1.33. The molecule has 1 saturated heterocycles. The van der Waals surface area contributed by atoms with Gasteiger partial charge in [0, 0.05) is 12.6 Å². The lowest BCUT2D eigenvalue weighted by molar-refractivity contribution is -0.125. The van der Waals surface area contributed by atoms with Crippen LogP contribution in [0.3, 0.4) is 0 Å². The minimum absolute atomic E-state index is 0.0434. The van der Waals surface area contributed by atoms with Crippen LogP contribution >= 0.6 is 15.9 Å². The second-order valence-electron chi connectivity index (χ2n) is 4.82. The van der Waals surface area contributed by atoms with Crippen LogP contribution in [0, 0.1) is 0 Å². The molecule has 0 aliphatic carbocycles. The maximum absolute atomic E-state index is 12.2. The standard InChI is InChI=1S/C12H17BrN4O3/c1-7(2)16-11(18)8-5-20-4-3-17(8)10-9(13)12(19)15-6-14-10/h6-8H,3-5H2,1-2H3,(H,16,18)(H,14,15,19). The van der Waals surface area contributed by atoms with Crippen molar-refractivity contribution in [1.82, 2.24) is 15.3 Å². The van der Waals surface area contributed by atoms with Gasteiger partial charge in [0.1, 0.15) is 10.5 Å². The molecule has 0 bridgehead atoms. The summed E-state index contributed by atoms with van der Waals surface area (Å²) in [7, 11) is 0. The lowest BCUT2D eigenvalue weighted by Gasteiger charge is -2.36.